The van der Waals surface area contributed by atoms with Crippen molar-refractivity contribution in [3.8, 4) is 0 Å². The van der Waals surface area contributed by atoms with Crippen molar-refractivity contribution in [3.63, 3.8) is 0 Å². The highest BCUT2D eigenvalue weighted by Gasteiger charge is 2.46. The van der Waals surface area contributed by atoms with Crippen molar-refractivity contribution >= 4 is 12.1 Å². The third-order valence-corrected chi connectivity index (χ3v) is 3.24. The number of hydrogen-bond donors (Lipinski definition) is 2. The maximum atomic E-state index is 12.0. The Morgan fingerprint density at radius 2 is 2.05 bits per heavy atom. The van der Waals surface area contributed by atoms with Gasteiger partial charge in [0.1, 0.15) is 12.6 Å². The number of aliphatic carboxylic acids is 1. The molecule has 6 nitrogen and oxygen atoms in total. The van der Waals surface area contributed by atoms with Gasteiger partial charge in [-0.2, -0.15) is 0 Å². The number of rotatable bonds is 3. The lowest BCUT2D eigenvalue weighted by Gasteiger charge is -2.21. The number of carbonyl (C=O) groups is 2. The van der Waals surface area contributed by atoms with Crippen LogP contribution in [0.15, 0.2) is 30.3 Å². The molecule has 1 aromatic rings. The van der Waals surface area contributed by atoms with Gasteiger partial charge in [-0.15, -0.1) is 0 Å². The summed E-state index contributed by atoms with van der Waals surface area (Å²) in [5, 5.41) is 19.0. The van der Waals surface area contributed by atoms with E-state index < -0.39 is 23.7 Å². The Bertz CT molecular complexity index is 500. The smallest absolute Gasteiger partial charge is 0.410 e. The molecule has 0 spiro atoms. The molecule has 1 aliphatic heterocycles. The van der Waals surface area contributed by atoms with Gasteiger partial charge >= 0.3 is 12.1 Å². The molecule has 20 heavy (non-hydrogen) atoms. The summed E-state index contributed by atoms with van der Waals surface area (Å²) in [6.45, 7) is 1.54. The quantitative estimate of drug-likeness (QED) is 0.869. The van der Waals surface area contributed by atoms with Gasteiger partial charge in [-0.05, 0) is 12.5 Å². The number of carboxylic acid groups (broad SMARTS) is 1. The van der Waals surface area contributed by atoms with Gasteiger partial charge in [0, 0.05) is 6.42 Å². The van der Waals surface area contributed by atoms with Crippen LogP contribution in [0, 0.1) is 0 Å². The molecule has 2 atom stereocenters. The van der Waals surface area contributed by atoms with E-state index in [1.165, 1.54) is 6.92 Å². The lowest BCUT2D eigenvalue weighted by Crippen LogP contribution is -2.41. The molecule has 0 saturated carbocycles. The van der Waals surface area contributed by atoms with Crippen LogP contribution in [0.1, 0.15) is 18.9 Å². The number of aliphatic hydroxyl groups is 1. The largest absolute Gasteiger partial charge is 0.480 e. The Morgan fingerprint density at radius 1 is 1.40 bits per heavy atom. The fourth-order valence-corrected chi connectivity index (χ4v) is 2.28. The van der Waals surface area contributed by atoms with Crippen molar-refractivity contribution in [1.29, 1.82) is 0 Å². The molecular weight excluding hydrogens is 262 g/mol. The van der Waals surface area contributed by atoms with E-state index in [2.05, 4.69) is 0 Å². The number of carbonyl (C=O) groups excluding carboxylic acids is 1. The Labute approximate surface area is 116 Å². The second-order valence-corrected chi connectivity index (χ2v) is 5.22. The van der Waals surface area contributed by atoms with E-state index >= 15 is 0 Å². The molecule has 6 heteroatoms. The average Bonchev–Trinajstić information content (AvgIpc) is 2.74. The molecule has 1 heterocycles. The molecule has 0 aliphatic carbocycles. The zero-order valence-corrected chi connectivity index (χ0v) is 11.2. The molecule has 1 aliphatic rings. The standard InChI is InChI=1S/C14H17NO5/c1-14(19)7-11(12(16)17)15(9-14)13(18)20-8-10-5-3-2-4-6-10/h2-6,11,19H,7-9H2,1H3,(H,16,17)/t11-,14?/m0/s1. The molecular formula is C14H17NO5. The Kier molecular flexibility index (Phi) is 3.94. The van der Waals surface area contributed by atoms with Crippen molar-refractivity contribution < 1.29 is 24.5 Å². The highest BCUT2D eigenvalue weighted by atomic mass is 16.6. The highest BCUT2D eigenvalue weighted by Crippen LogP contribution is 2.27. The van der Waals surface area contributed by atoms with Crippen LogP contribution in [-0.4, -0.2) is 45.4 Å². The Hall–Kier alpha value is -2.08. The molecule has 2 N–H and O–H groups in total. The summed E-state index contributed by atoms with van der Waals surface area (Å²) in [6, 6.07) is 8.06. The lowest BCUT2D eigenvalue weighted by atomic mass is 10.0. The van der Waals surface area contributed by atoms with E-state index in [1.54, 1.807) is 0 Å². The molecule has 0 radical (unpaired) electrons. The number of carboxylic acids is 1. The number of amides is 1. The van der Waals surface area contributed by atoms with E-state index in [-0.39, 0.29) is 19.6 Å². The average molecular weight is 279 g/mol. The van der Waals surface area contributed by atoms with Crippen LogP contribution in [0.5, 0.6) is 0 Å². The summed E-state index contributed by atoms with van der Waals surface area (Å²) in [5.41, 5.74) is -0.381. The summed E-state index contributed by atoms with van der Waals surface area (Å²) in [5.74, 6) is -1.14. The molecule has 1 aromatic carbocycles. The van der Waals surface area contributed by atoms with Crippen LogP contribution in [0.4, 0.5) is 4.79 Å². The third-order valence-electron chi connectivity index (χ3n) is 3.24. The van der Waals surface area contributed by atoms with Crippen LogP contribution in [0.2, 0.25) is 0 Å². The van der Waals surface area contributed by atoms with Gasteiger partial charge in [-0.3, -0.25) is 4.90 Å². The van der Waals surface area contributed by atoms with Gasteiger partial charge in [0.2, 0.25) is 0 Å². The van der Waals surface area contributed by atoms with E-state index in [9.17, 15) is 14.7 Å². The Morgan fingerprint density at radius 3 is 2.65 bits per heavy atom. The maximum absolute atomic E-state index is 12.0. The molecule has 2 rings (SSSR count). The predicted octanol–water partition coefficient (Wildman–Crippen LogP) is 1.23. The lowest BCUT2D eigenvalue weighted by molar-refractivity contribution is -0.141. The summed E-state index contributed by atoms with van der Waals surface area (Å²) in [4.78, 5) is 24.1. The van der Waals surface area contributed by atoms with Crippen LogP contribution in [0.3, 0.4) is 0 Å². The van der Waals surface area contributed by atoms with E-state index in [0.717, 1.165) is 10.5 Å². The summed E-state index contributed by atoms with van der Waals surface area (Å²) < 4.78 is 5.10. The van der Waals surface area contributed by atoms with Crippen molar-refractivity contribution in [1.82, 2.24) is 4.90 Å². The summed E-state index contributed by atoms with van der Waals surface area (Å²) >= 11 is 0. The Balaban J connectivity index is 1.99. The second kappa shape index (κ2) is 5.50. The molecule has 1 saturated heterocycles. The third kappa shape index (κ3) is 3.27. The van der Waals surface area contributed by atoms with E-state index in [4.69, 9.17) is 9.84 Å². The van der Waals surface area contributed by atoms with Crippen molar-refractivity contribution in [2.45, 2.75) is 31.6 Å². The number of hydrogen-bond acceptors (Lipinski definition) is 4. The normalized spacial score (nSPS) is 25.5. The first-order chi connectivity index (χ1) is 9.39. The second-order valence-electron chi connectivity index (χ2n) is 5.22. The fourth-order valence-electron chi connectivity index (χ4n) is 2.28. The van der Waals surface area contributed by atoms with Crippen LogP contribution in [-0.2, 0) is 16.1 Å². The van der Waals surface area contributed by atoms with Gasteiger partial charge in [-0.25, -0.2) is 9.59 Å². The van der Waals surface area contributed by atoms with Gasteiger partial charge in [0.05, 0.1) is 12.1 Å². The van der Waals surface area contributed by atoms with Crippen LogP contribution >= 0.6 is 0 Å². The highest BCUT2D eigenvalue weighted by molar-refractivity contribution is 5.81. The minimum atomic E-state index is -1.20. The minimum Gasteiger partial charge on any atom is -0.480 e. The monoisotopic (exact) mass is 279 g/mol. The molecule has 1 fully saturated rings. The summed E-state index contributed by atoms with van der Waals surface area (Å²) in [7, 11) is 0. The molecule has 108 valence electrons. The number of nitrogens with zero attached hydrogens (tertiary/aromatic N) is 1. The first-order valence-electron chi connectivity index (χ1n) is 6.31. The van der Waals surface area contributed by atoms with Crippen LogP contribution < -0.4 is 0 Å². The SMILES string of the molecule is CC1(O)C[C@@H](C(=O)O)N(C(=O)OCc2ccccc2)C1. The van der Waals surface area contributed by atoms with Gasteiger partial charge < -0.3 is 14.9 Å². The minimum absolute atomic E-state index is 0.00275. The van der Waals surface area contributed by atoms with E-state index in [0.29, 0.717) is 0 Å². The number of likely N-dealkylation sites (tertiary alicyclic amines) is 1. The molecule has 0 bridgehead atoms. The predicted molar refractivity (Wildman–Crippen MR) is 70.0 cm³/mol. The van der Waals surface area contributed by atoms with Gasteiger partial charge in [0.25, 0.3) is 0 Å². The topological polar surface area (TPSA) is 87.1 Å². The zero-order valence-electron chi connectivity index (χ0n) is 11.2. The van der Waals surface area contributed by atoms with E-state index in [1.807, 2.05) is 30.3 Å². The summed E-state index contributed by atoms with van der Waals surface area (Å²) in [6.07, 6.45) is -0.720. The molecule has 0 aromatic heterocycles. The molecule has 1 unspecified atom stereocenters. The first-order valence-corrected chi connectivity index (χ1v) is 6.31. The first kappa shape index (κ1) is 14.3. The van der Waals surface area contributed by atoms with Gasteiger partial charge in [-0.1, -0.05) is 30.3 Å². The number of ether oxygens (including phenoxy) is 1. The maximum Gasteiger partial charge on any atom is 0.410 e. The van der Waals surface area contributed by atoms with Gasteiger partial charge in [0.15, 0.2) is 0 Å². The zero-order chi connectivity index (χ0) is 14.8. The fraction of sp³-hybridized carbons (Fsp3) is 0.429. The number of benzene rings is 1. The van der Waals surface area contributed by atoms with Crippen molar-refractivity contribution in [3.05, 3.63) is 35.9 Å². The van der Waals surface area contributed by atoms with Crippen LogP contribution in [0.25, 0.3) is 0 Å². The van der Waals surface area contributed by atoms with Crippen molar-refractivity contribution in [2.24, 2.45) is 0 Å². The molecule has 1 amide bonds. The van der Waals surface area contributed by atoms with Crippen molar-refractivity contribution in [2.75, 3.05) is 6.54 Å². The number of β-amino-alcohol motifs (C(OH)–C–C–N with tert-alkyl or cyclic N) is 1.